The molecule has 0 aliphatic carbocycles. The third-order valence-corrected chi connectivity index (χ3v) is 5.61. The molecule has 1 aromatic heterocycles. The molecule has 4 rings (SSSR count). The number of benzene rings is 2. The van der Waals surface area contributed by atoms with Crippen molar-refractivity contribution in [2.45, 2.75) is 32.2 Å². The van der Waals surface area contributed by atoms with E-state index in [9.17, 15) is 9.59 Å². The molecule has 1 aliphatic heterocycles. The Kier molecular flexibility index (Phi) is 6.67. The predicted octanol–water partition coefficient (Wildman–Crippen LogP) is 3.17. The number of aryl methyl sites for hydroxylation is 1. The van der Waals surface area contributed by atoms with Gasteiger partial charge in [-0.05, 0) is 31.0 Å². The van der Waals surface area contributed by atoms with Crippen LogP contribution in [0.2, 0.25) is 0 Å². The SMILES string of the molecule is COc1cc(NC(=O)COc2ccc3nc4n(c(=O)c3c2)CCCCC4)cc(OC)c1OC. The molecule has 0 fully saturated rings. The van der Waals surface area contributed by atoms with Gasteiger partial charge < -0.3 is 24.3 Å². The number of anilines is 1. The third kappa shape index (κ3) is 4.72. The molecule has 0 unspecified atom stereocenters. The van der Waals surface area contributed by atoms with Gasteiger partial charge in [-0.25, -0.2) is 4.98 Å². The second kappa shape index (κ2) is 9.81. The summed E-state index contributed by atoms with van der Waals surface area (Å²) in [5.74, 6) is 2.17. The van der Waals surface area contributed by atoms with Gasteiger partial charge in [0.1, 0.15) is 11.6 Å². The van der Waals surface area contributed by atoms with Gasteiger partial charge in [-0.3, -0.25) is 14.2 Å². The van der Waals surface area contributed by atoms with Crippen LogP contribution in [0, 0.1) is 0 Å². The summed E-state index contributed by atoms with van der Waals surface area (Å²) >= 11 is 0. The maximum Gasteiger partial charge on any atom is 0.262 e. The van der Waals surface area contributed by atoms with Crippen LogP contribution in [0.1, 0.15) is 25.1 Å². The van der Waals surface area contributed by atoms with E-state index in [1.165, 1.54) is 21.3 Å². The fourth-order valence-electron chi connectivity index (χ4n) is 3.99. The number of hydrogen-bond acceptors (Lipinski definition) is 7. The number of methoxy groups -OCH3 is 3. The Balaban J connectivity index is 1.49. The Labute approximate surface area is 191 Å². The zero-order chi connectivity index (χ0) is 23.4. The summed E-state index contributed by atoms with van der Waals surface area (Å²) in [6, 6.07) is 8.39. The average molecular weight is 453 g/mol. The highest BCUT2D eigenvalue weighted by Gasteiger charge is 2.16. The summed E-state index contributed by atoms with van der Waals surface area (Å²) in [7, 11) is 4.51. The van der Waals surface area contributed by atoms with E-state index in [0.29, 0.717) is 46.1 Å². The monoisotopic (exact) mass is 453 g/mol. The fourth-order valence-corrected chi connectivity index (χ4v) is 3.99. The third-order valence-electron chi connectivity index (χ3n) is 5.61. The lowest BCUT2D eigenvalue weighted by Crippen LogP contribution is -2.24. The van der Waals surface area contributed by atoms with Crippen LogP contribution in [-0.2, 0) is 17.8 Å². The van der Waals surface area contributed by atoms with Gasteiger partial charge in [-0.2, -0.15) is 0 Å². The number of nitrogens with zero attached hydrogens (tertiary/aromatic N) is 2. The lowest BCUT2D eigenvalue weighted by molar-refractivity contribution is -0.118. The van der Waals surface area contributed by atoms with Gasteiger partial charge >= 0.3 is 0 Å². The van der Waals surface area contributed by atoms with Gasteiger partial charge in [0.05, 0.1) is 32.2 Å². The molecule has 0 bridgehead atoms. The predicted molar refractivity (Wildman–Crippen MR) is 124 cm³/mol. The van der Waals surface area contributed by atoms with Gasteiger partial charge in [0.25, 0.3) is 11.5 Å². The van der Waals surface area contributed by atoms with Gasteiger partial charge in [0.2, 0.25) is 5.75 Å². The first-order valence-corrected chi connectivity index (χ1v) is 10.8. The summed E-state index contributed by atoms with van der Waals surface area (Å²) in [4.78, 5) is 30.1. The molecule has 1 amide bonds. The van der Waals surface area contributed by atoms with Gasteiger partial charge in [-0.1, -0.05) is 6.42 Å². The van der Waals surface area contributed by atoms with Crippen molar-refractivity contribution in [1.82, 2.24) is 9.55 Å². The van der Waals surface area contributed by atoms with Gasteiger partial charge in [0, 0.05) is 30.8 Å². The largest absolute Gasteiger partial charge is 0.493 e. The quantitative estimate of drug-likeness (QED) is 0.586. The summed E-state index contributed by atoms with van der Waals surface area (Å²) < 4.78 is 23.3. The Morgan fingerprint density at radius 2 is 1.79 bits per heavy atom. The standard InChI is InChI=1S/C24H27N3O6/c1-30-19-11-15(12-20(31-2)23(19)32-3)25-22(28)14-33-16-8-9-18-17(13-16)24(29)27-10-6-4-5-7-21(27)26-18/h8-9,11-13H,4-7,10,14H2,1-3H3,(H,25,28). The minimum absolute atomic E-state index is 0.0655. The number of nitrogens with one attached hydrogen (secondary N) is 1. The molecule has 3 aromatic rings. The van der Waals surface area contributed by atoms with E-state index in [1.54, 1.807) is 34.9 Å². The Morgan fingerprint density at radius 1 is 1.03 bits per heavy atom. The summed E-state index contributed by atoms with van der Waals surface area (Å²) in [5, 5.41) is 3.24. The van der Waals surface area contributed by atoms with Crippen molar-refractivity contribution >= 4 is 22.5 Å². The van der Waals surface area contributed by atoms with Crippen LogP contribution in [0.3, 0.4) is 0 Å². The van der Waals surface area contributed by atoms with E-state index in [0.717, 1.165) is 31.5 Å². The minimum Gasteiger partial charge on any atom is -0.493 e. The van der Waals surface area contributed by atoms with Crippen molar-refractivity contribution in [2.24, 2.45) is 0 Å². The topological polar surface area (TPSA) is 101 Å². The molecule has 0 saturated heterocycles. The number of carbonyl (C=O) groups excluding carboxylic acids is 1. The van der Waals surface area contributed by atoms with E-state index in [4.69, 9.17) is 18.9 Å². The molecule has 2 aromatic carbocycles. The average Bonchev–Trinajstić information content (AvgIpc) is 3.08. The van der Waals surface area contributed by atoms with Gasteiger partial charge in [-0.15, -0.1) is 0 Å². The highest BCUT2D eigenvalue weighted by molar-refractivity contribution is 5.92. The minimum atomic E-state index is -0.374. The van der Waals surface area contributed by atoms with Gasteiger partial charge in [0.15, 0.2) is 18.1 Å². The summed E-state index contributed by atoms with van der Waals surface area (Å²) in [6.07, 6.45) is 3.91. The van der Waals surface area contributed by atoms with Crippen molar-refractivity contribution in [2.75, 3.05) is 33.3 Å². The number of hydrogen-bond donors (Lipinski definition) is 1. The highest BCUT2D eigenvalue weighted by atomic mass is 16.5. The lowest BCUT2D eigenvalue weighted by atomic mass is 10.2. The van der Waals surface area contributed by atoms with Crippen molar-refractivity contribution < 1.29 is 23.7 Å². The zero-order valence-corrected chi connectivity index (χ0v) is 19.0. The van der Waals surface area contributed by atoms with Crippen LogP contribution in [0.15, 0.2) is 35.1 Å². The van der Waals surface area contributed by atoms with Crippen LogP contribution in [-0.4, -0.2) is 43.4 Å². The molecule has 9 heteroatoms. The summed E-state index contributed by atoms with van der Waals surface area (Å²) in [6.45, 7) is 0.446. The van der Waals surface area contributed by atoms with E-state index >= 15 is 0 Å². The number of ether oxygens (including phenoxy) is 4. The van der Waals surface area contributed by atoms with Crippen LogP contribution in [0.4, 0.5) is 5.69 Å². The molecule has 33 heavy (non-hydrogen) atoms. The second-order valence-corrected chi connectivity index (χ2v) is 7.73. The smallest absolute Gasteiger partial charge is 0.262 e. The highest BCUT2D eigenvalue weighted by Crippen LogP contribution is 2.39. The normalized spacial score (nSPS) is 13.1. The number of carbonyl (C=O) groups is 1. The van der Waals surface area contributed by atoms with Crippen LogP contribution >= 0.6 is 0 Å². The number of amides is 1. The van der Waals surface area contributed by atoms with Crippen LogP contribution in [0.25, 0.3) is 10.9 Å². The lowest BCUT2D eigenvalue weighted by Gasteiger charge is -2.15. The maximum atomic E-state index is 13.0. The molecular formula is C24H27N3O6. The van der Waals surface area contributed by atoms with E-state index < -0.39 is 0 Å². The van der Waals surface area contributed by atoms with Crippen molar-refractivity contribution in [3.05, 3.63) is 46.5 Å². The number of fused-ring (bicyclic) bond motifs is 2. The molecule has 0 spiro atoms. The Bertz CT molecular complexity index is 1210. The summed E-state index contributed by atoms with van der Waals surface area (Å²) in [5.41, 5.74) is 1.05. The first kappa shape index (κ1) is 22.4. The van der Waals surface area contributed by atoms with E-state index in [2.05, 4.69) is 10.3 Å². The van der Waals surface area contributed by atoms with Crippen molar-refractivity contribution in [3.63, 3.8) is 0 Å². The molecule has 1 aliphatic rings. The maximum absolute atomic E-state index is 13.0. The molecule has 2 heterocycles. The molecular weight excluding hydrogens is 426 g/mol. The van der Waals surface area contributed by atoms with Crippen LogP contribution < -0.4 is 29.8 Å². The Hall–Kier alpha value is -3.75. The zero-order valence-electron chi connectivity index (χ0n) is 19.0. The molecule has 9 nitrogen and oxygen atoms in total. The molecule has 1 N–H and O–H groups in total. The van der Waals surface area contributed by atoms with E-state index in [1.807, 2.05) is 0 Å². The Morgan fingerprint density at radius 3 is 2.48 bits per heavy atom. The molecule has 0 saturated carbocycles. The first-order valence-electron chi connectivity index (χ1n) is 10.8. The number of aromatic nitrogens is 2. The van der Waals surface area contributed by atoms with Crippen LogP contribution in [0.5, 0.6) is 23.0 Å². The molecule has 0 radical (unpaired) electrons. The molecule has 0 atom stereocenters. The van der Waals surface area contributed by atoms with Crippen molar-refractivity contribution in [3.8, 4) is 23.0 Å². The first-order chi connectivity index (χ1) is 16.0. The number of rotatable bonds is 7. The van der Waals surface area contributed by atoms with E-state index in [-0.39, 0.29) is 18.1 Å². The fraction of sp³-hybridized carbons (Fsp3) is 0.375. The second-order valence-electron chi connectivity index (χ2n) is 7.73. The molecule has 174 valence electrons. The van der Waals surface area contributed by atoms with Crippen molar-refractivity contribution in [1.29, 1.82) is 0 Å².